The van der Waals surface area contributed by atoms with Crippen molar-refractivity contribution in [1.29, 1.82) is 0 Å². The van der Waals surface area contributed by atoms with E-state index >= 15 is 0 Å². The third-order valence-electron chi connectivity index (χ3n) is 3.33. The number of aromatic nitrogens is 2. The second kappa shape index (κ2) is 5.91. The maximum atomic E-state index is 11.1. The first-order valence-electron chi connectivity index (χ1n) is 7.00. The van der Waals surface area contributed by atoms with Crippen LogP contribution in [0.25, 0.3) is 10.2 Å². The molecule has 1 aromatic carbocycles. The maximum Gasteiger partial charge on any atom is 0.345 e. The number of rotatable bonds is 4. The van der Waals surface area contributed by atoms with E-state index in [2.05, 4.69) is 15.1 Å². The van der Waals surface area contributed by atoms with Gasteiger partial charge in [-0.15, -0.1) is 11.3 Å². The van der Waals surface area contributed by atoms with Crippen LogP contribution in [0.2, 0.25) is 0 Å². The average Bonchev–Trinajstić information content (AvgIpc) is 3.20. The lowest BCUT2D eigenvalue weighted by atomic mass is 10.3. The Balaban J connectivity index is 1.61. The lowest BCUT2D eigenvalue weighted by Gasteiger charge is -2.01. The summed E-state index contributed by atoms with van der Waals surface area (Å²) in [4.78, 5) is 25.1. The fourth-order valence-electron chi connectivity index (χ4n) is 2.24. The molecule has 0 aliphatic carbocycles. The number of hydrogen-bond acceptors (Lipinski definition) is 9. The van der Waals surface area contributed by atoms with Gasteiger partial charge >= 0.3 is 5.97 Å². The van der Waals surface area contributed by atoms with Crippen molar-refractivity contribution >= 4 is 39.7 Å². The van der Waals surface area contributed by atoms with Gasteiger partial charge in [0.05, 0.1) is 11.9 Å². The number of oxime groups is 1. The van der Waals surface area contributed by atoms with Crippen LogP contribution in [0.3, 0.4) is 0 Å². The number of carboxylic acids is 1. The molecule has 0 radical (unpaired) electrons. The molecule has 0 saturated carbocycles. The quantitative estimate of drug-likeness (QED) is 0.536. The first kappa shape index (κ1) is 15.1. The molecule has 1 aliphatic heterocycles. The summed E-state index contributed by atoms with van der Waals surface area (Å²) in [5, 5.41) is 13.5. The smallest absolute Gasteiger partial charge is 0.345 e. The van der Waals surface area contributed by atoms with Gasteiger partial charge in [0.15, 0.2) is 17.2 Å². The Morgan fingerprint density at radius 2 is 2.16 bits per heavy atom. The van der Waals surface area contributed by atoms with E-state index in [1.807, 2.05) is 0 Å². The lowest BCUT2D eigenvalue weighted by molar-refractivity contribution is 0.0702. The summed E-state index contributed by atoms with van der Waals surface area (Å²) in [6.45, 7) is 0.171. The summed E-state index contributed by atoms with van der Waals surface area (Å²) >= 11 is 1.01. The molecular weight excluding hydrogens is 348 g/mol. The number of aromatic carboxylic acids is 1. The molecule has 0 atom stereocenters. The van der Waals surface area contributed by atoms with E-state index in [0.717, 1.165) is 11.3 Å². The van der Waals surface area contributed by atoms with Crippen molar-refractivity contribution in [2.24, 2.45) is 5.16 Å². The van der Waals surface area contributed by atoms with Crippen LogP contribution in [0.15, 0.2) is 29.4 Å². The number of nitrogens with two attached hydrogens (primary N) is 1. The summed E-state index contributed by atoms with van der Waals surface area (Å²) in [7, 11) is 0. The summed E-state index contributed by atoms with van der Waals surface area (Å²) in [5.41, 5.74) is 6.03. The van der Waals surface area contributed by atoms with Crippen LogP contribution in [0.1, 0.15) is 15.4 Å². The largest absolute Gasteiger partial charge is 0.477 e. The first-order chi connectivity index (χ1) is 12.1. The highest BCUT2D eigenvalue weighted by molar-refractivity contribution is 7.20. The zero-order valence-electron chi connectivity index (χ0n) is 12.5. The van der Waals surface area contributed by atoms with Gasteiger partial charge in [0.2, 0.25) is 12.7 Å². The molecule has 0 bridgehead atoms. The van der Waals surface area contributed by atoms with Gasteiger partial charge in [-0.2, -0.15) is 0 Å². The molecule has 4 rings (SSSR count). The summed E-state index contributed by atoms with van der Waals surface area (Å²) < 4.78 is 10.5. The molecule has 1 aliphatic rings. The molecule has 3 heterocycles. The minimum atomic E-state index is -1.04. The van der Waals surface area contributed by atoms with E-state index < -0.39 is 5.97 Å². The van der Waals surface area contributed by atoms with Gasteiger partial charge in [-0.25, -0.2) is 14.8 Å². The molecule has 0 amide bonds. The van der Waals surface area contributed by atoms with Gasteiger partial charge in [0.25, 0.3) is 0 Å². The zero-order chi connectivity index (χ0) is 17.4. The number of fused-ring (bicyclic) bond motifs is 2. The fraction of sp³-hybridized carbons (Fsp3) is 0.0667. The second-order valence-corrected chi connectivity index (χ2v) is 5.97. The Labute approximate surface area is 144 Å². The van der Waals surface area contributed by atoms with E-state index in [1.54, 1.807) is 18.2 Å². The number of carbonyl (C=O) groups is 1. The predicted molar refractivity (Wildman–Crippen MR) is 89.6 cm³/mol. The predicted octanol–water partition coefficient (Wildman–Crippen LogP) is 2.11. The van der Waals surface area contributed by atoms with Crippen molar-refractivity contribution in [3.05, 3.63) is 34.8 Å². The van der Waals surface area contributed by atoms with Gasteiger partial charge in [0.1, 0.15) is 9.71 Å². The maximum absolute atomic E-state index is 11.1. The lowest BCUT2D eigenvalue weighted by Crippen LogP contribution is -1.99. The molecule has 0 fully saturated rings. The van der Waals surface area contributed by atoms with Crippen LogP contribution >= 0.6 is 11.3 Å². The van der Waals surface area contributed by atoms with Gasteiger partial charge < -0.3 is 25.2 Å². The van der Waals surface area contributed by atoms with Gasteiger partial charge in [-0.3, -0.25) is 0 Å². The Kier molecular flexibility index (Phi) is 3.58. The minimum Gasteiger partial charge on any atom is -0.477 e. The van der Waals surface area contributed by atoms with E-state index in [9.17, 15) is 4.79 Å². The van der Waals surface area contributed by atoms with Crippen molar-refractivity contribution in [1.82, 2.24) is 9.97 Å². The Morgan fingerprint density at radius 3 is 3.00 bits per heavy atom. The number of ether oxygens (including phenoxy) is 2. The topological polar surface area (TPSA) is 129 Å². The van der Waals surface area contributed by atoms with Gasteiger partial charge in [-0.1, -0.05) is 5.16 Å². The Hall–Kier alpha value is -3.40. The highest BCUT2D eigenvalue weighted by atomic mass is 32.1. The zero-order valence-corrected chi connectivity index (χ0v) is 13.3. The van der Waals surface area contributed by atoms with E-state index in [4.69, 9.17) is 25.2 Å². The molecule has 3 N–H and O–H groups in total. The van der Waals surface area contributed by atoms with E-state index in [1.165, 1.54) is 12.3 Å². The molecule has 0 spiro atoms. The van der Waals surface area contributed by atoms with Crippen LogP contribution in [0.5, 0.6) is 17.2 Å². The number of carboxylic acid groups (broad SMARTS) is 1. The van der Waals surface area contributed by atoms with Crippen LogP contribution in [0.4, 0.5) is 5.95 Å². The number of thiophene rings is 1. The second-order valence-electron chi connectivity index (χ2n) is 4.94. The highest BCUT2D eigenvalue weighted by Gasteiger charge is 2.15. The molecule has 0 unspecified atom stereocenters. The van der Waals surface area contributed by atoms with E-state index in [-0.39, 0.29) is 17.6 Å². The van der Waals surface area contributed by atoms with Crippen molar-refractivity contribution < 1.29 is 24.2 Å². The van der Waals surface area contributed by atoms with Crippen molar-refractivity contribution in [3.8, 4) is 17.2 Å². The van der Waals surface area contributed by atoms with Gasteiger partial charge in [-0.05, 0) is 18.2 Å². The Bertz CT molecular complexity index is 1020. The van der Waals surface area contributed by atoms with Crippen LogP contribution in [-0.2, 0) is 0 Å². The molecule has 126 valence electrons. The average molecular weight is 358 g/mol. The minimum absolute atomic E-state index is 0.0239. The number of anilines is 1. The SMILES string of the molecule is Nc1nc(C=NOc2ccc3c(c2)OCO3)c2cc(C(=O)O)sc2n1. The number of nitrogens with zero attached hydrogens (tertiary/aromatic N) is 3. The number of nitrogen functional groups attached to an aromatic ring is 1. The van der Waals surface area contributed by atoms with Crippen molar-refractivity contribution in [3.63, 3.8) is 0 Å². The molecule has 9 nitrogen and oxygen atoms in total. The third kappa shape index (κ3) is 2.90. The van der Waals surface area contributed by atoms with Crippen LogP contribution in [-0.4, -0.2) is 34.1 Å². The molecule has 3 aromatic rings. The fourth-order valence-corrected chi connectivity index (χ4v) is 3.12. The highest BCUT2D eigenvalue weighted by Crippen LogP contribution is 2.35. The van der Waals surface area contributed by atoms with E-state index in [0.29, 0.717) is 33.2 Å². The third-order valence-corrected chi connectivity index (χ3v) is 4.34. The first-order valence-corrected chi connectivity index (χ1v) is 7.82. The summed E-state index contributed by atoms with van der Waals surface area (Å²) in [6, 6.07) is 6.52. The number of benzene rings is 1. The number of hydrogen-bond donors (Lipinski definition) is 2. The van der Waals surface area contributed by atoms with Gasteiger partial charge in [0, 0.05) is 11.5 Å². The van der Waals surface area contributed by atoms with Crippen LogP contribution < -0.4 is 20.0 Å². The standard InChI is InChI=1S/C15H10N4O5S/c16-15-18-9(8-4-12(14(20)21)25-13(8)19-15)5-17-24-7-1-2-10-11(3-7)23-6-22-10/h1-5H,6H2,(H,20,21)(H2,16,18,19). The normalized spacial score (nSPS) is 12.8. The molecule has 2 aromatic heterocycles. The molecule has 10 heteroatoms. The monoisotopic (exact) mass is 358 g/mol. The van der Waals surface area contributed by atoms with Crippen molar-refractivity contribution in [2.75, 3.05) is 12.5 Å². The Morgan fingerprint density at radius 1 is 1.32 bits per heavy atom. The summed E-state index contributed by atoms with van der Waals surface area (Å²) in [6.07, 6.45) is 1.35. The molecular formula is C15H10N4O5S. The van der Waals surface area contributed by atoms with Crippen LogP contribution in [0, 0.1) is 0 Å². The van der Waals surface area contributed by atoms with Crippen molar-refractivity contribution in [2.45, 2.75) is 0 Å². The molecule has 0 saturated heterocycles. The summed E-state index contributed by atoms with van der Waals surface area (Å²) in [5.74, 6) is 0.651. The molecule has 25 heavy (non-hydrogen) atoms.